The Morgan fingerprint density at radius 3 is 2.56 bits per heavy atom. The van der Waals surface area contributed by atoms with Crippen molar-refractivity contribution in [1.82, 2.24) is 9.88 Å². The first-order chi connectivity index (χ1) is 21.6. The van der Waals surface area contributed by atoms with Gasteiger partial charge in [0.25, 0.3) is 5.91 Å². The van der Waals surface area contributed by atoms with E-state index >= 15 is 0 Å². The van der Waals surface area contributed by atoms with Crippen LogP contribution in [0.15, 0.2) is 54.6 Å². The van der Waals surface area contributed by atoms with E-state index in [0.29, 0.717) is 41.4 Å². The molecule has 1 amide bonds. The second-order valence-corrected chi connectivity index (χ2v) is 12.6. The Morgan fingerprint density at radius 2 is 1.84 bits per heavy atom. The molecule has 4 aromatic rings. The number of amides is 1. The minimum Gasteiger partial charge on any atom is -0.492 e. The fourth-order valence-corrected chi connectivity index (χ4v) is 6.32. The van der Waals surface area contributed by atoms with Crippen molar-refractivity contribution >= 4 is 44.9 Å². The Balaban J connectivity index is 1.36. The summed E-state index contributed by atoms with van der Waals surface area (Å²) in [5, 5.41) is 43.0. The summed E-state index contributed by atoms with van der Waals surface area (Å²) < 4.78 is 17.7. The van der Waals surface area contributed by atoms with Gasteiger partial charge in [-0.05, 0) is 56.2 Å². The van der Waals surface area contributed by atoms with E-state index in [4.69, 9.17) is 25.8 Å². The number of carbonyl (C=O) groups is 1. The maximum Gasteiger partial charge on any atom is 0.274 e. The number of nitrogens with zero attached hydrogens (tertiary/aromatic N) is 2. The zero-order chi connectivity index (χ0) is 32.0. The highest BCUT2D eigenvalue weighted by molar-refractivity contribution is 6.22. The van der Waals surface area contributed by atoms with Gasteiger partial charge < -0.3 is 49.4 Å². The number of anilines is 1. The van der Waals surface area contributed by atoms with Crippen LogP contribution in [0, 0.1) is 0 Å². The van der Waals surface area contributed by atoms with E-state index in [2.05, 4.69) is 4.98 Å². The quantitative estimate of drug-likeness (QED) is 0.174. The second kappa shape index (κ2) is 12.8. The fraction of sp³-hybridized carbons (Fsp3) is 0.424. The number of likely N-dealkylation sites (N-methyl/N-ethyl adjacent to an activating group) is 1. The number of aliphatic hydroxyl groups is 4. The van der Waals surface area contributed by atoms with Gasteiger partial charge in [0, 0.05) is 46.7 Å². The van der Waals surface area contributed by atoms with Crippen molar-refractivity contribution in [2.45, 2.75) is 48.9 Å². The standard InChI is InChI=1S/C33H38ClN3O8/c1-17(34)22-15-37(32(42)24-13-18-12-19(8-9-23(18)35-24)43-11-10-36(2)3)25-14-26(20-6-4-5-7-21(20)28(22)25)44-33-31(41)30(40)29(39)27(16-38)45-33/h4-9,12-14,17,22,27,29-31,33,35,38-41H,10-11,15-16H2,1-3H3/t17-,22+,27-,29-,30+,31+,33+/m1/s1. The number of hydrogen-bond donors (Lipinski definition) is 5. The van der Waals surface area contributed by atoms with Crippen LogP contribution in [0.2, 0.25) is 0 Å². The highest BCUT2D eigenvalue weighted by atomic mass is 35.5. The maximum atomic E-state index is 14.2. The molecule has 12 heteroatoms. The number of hydrogen-bond acceptors (Lipinski definition) is 9. The van der Waals surface area contributed by atoms with Crippen LogP contribution in [0.25, 0.3) is 21.7 Å². The molecule has 1 saturated heterocycles. The highest BCUT2D eigenvalue weighted by Gasteiger charge is 2.45. The van der Waals surface area contributed by atoms with Gasteiger partial charge in [-0.15, -0.1) is 11.6 Å². The molecule has 0 aliphatic carbocycles. The monoisotopic (exact) mass is 639 g/mol. The summed E-state index contributed by atoms with van der Waals surface area (Å²) in [5.41, 5.74) is 2.69. The molecular formula is C33H38ClN3O8. The third-order valence-corrected chi connectivity index (χ3v) is 8.89. The predicted octanol–water partition coefficient (Wildman–Crippen LogP) is 2.81. The normalized spacial score (nSPS) is 25.6. The van der Waals surface area contributed by atoms with E-state index in [-0.39, 0.29) is 17.2 Å². The molecule has 5 N–H and O–H groups in total. The van der Waals surface area contributed by atoms with Gasteiger partial charge in [0.05, 0.1) is 12.3 Å². The molecule has 1 fully saturated rings. The van der Waals surface area contributed by atoms with E-state index in [1.807, 2.05) is 68.4 Å². The van der Waals surface area contributed by atoms with E-state index in [1.54, 1.807) is 17.0 Å². The molecule has 7 atom stereocenters. The molecule has 11 nitrogen and oxygen atoms in total. The zero-order valence-corrected chi connectivity index (χ0v) is 26.0. The van der Waals surface area contributed by atoms with Crippen LogP contribution in [0.1, 0.15) is 28.9 Å². The minimum atomic E-state index is -1.60. The van der Waals surface area contributed by atoms with Crippen molar-refractivity contribution in [2.24, 2.45) is 0 Å². The minimum absolute atomic E-state index is 0.182. The largest absolute Gasteiger partial charge is 0.492 e. The predicted molar refractivity (Wildman–Crippen MR) is 170 cm³/mol. The number of aromatic amines is 1. The molecule has 3 heterocycles. The van der Waals surface area contributed by atoms with E-state index in [1.165, 1.54) is 0 Å². The van der Waals surface area contributed by atoms with Gasteiger partial charge in [0.15, 0.2) is 0 Å². The van der Waals surface area contributed by atoms with Crippen molar-refractivity contribution in [3.8, 4) is 11.5 Å². The fourth-order valence-electron chi connectivity index (χ4n) is 6.11. The molecule has 2 aliphatic heterocycles. The molecule has 240 valence electrons. The molecule has 6 rings (SSSR count). The smallest absolute Gasteiger partial charge is 0.274 e. The van der Waals surface area contributed by atoms with Crippen LogP contribution >= 0.6 is 11.6 Å². The number of aliphatic hydroxyl groups excluding tert-OH is 4. The number of H-pyrrole nitrogens is 1. The summed E-state index contributed by atoms with van der Waals surface area (Å²) >= 11 is 6.73. The van der Waals surface area contributed by atoms with Gasteiger partial charge in [0.1, 0.15) is 48.2 Å². The lowest BCUT2D eigenvalue weighted by Gasteiger charge is -2.39. The Hall–Kier alpha value is -3.42. The van der Waals surface area contributed by atoms with Crippen molar-refractivity contribution in [2.75, 3.05) is 45.3 Å². The van der Waals surface area contributed by atoms with E-state index < -0.39 is 37.3 Å². The van der Waals surface area contributed by atoms with Crippen LogP contribution in [0.4, 0.5) is 5.69 Å². The number of alkyl halides is 1. The Morgan fingerprint density at radius 1 is 1.09 bits per heavy atom. The number of fused-ring (bicyclic) bond motifs is 4. The summed E-state index contributed by atoms with van der Waals surface area (Å²) in [4.78, 5) is 21.1. The van der Waals surface area contributed by atoms with E-state index in [0.717, 1.165) is 28.4 Å². The van der Waals surface area contributed by atoms with Gasteiger partial charge in [-0.1, -0.05) is 24.3 Å². The Labute approximate surface area is 265 Å². The van der Waals surface area contributed by atoms with Crippen LogP contribution in [0.3, 0.4) is 0 Å². The molecule has 2 aliphatic rings. The lowest BCUT2D eigenvalue weighted by atomic mass is 9.92. The van der Waals surface area contributed by atoms with Crippen molar-refractivity contribution < 1.29 is 39.4 Å². The summed E-state index contributed by atoms with van der Waals surface area (Å²) in [6, 6.07) is 16.7. The molecule has 0 radical (unpaired) electrons. The number of carbonyl (C=O) groups excluding carboxylic acids is 1. The third-order valence-electron chi connectivity index (χ3n) is 8.59. The summed E-state index contributed by atoms with van der Waals surface area (Å²) in [7, 11) is 3.96. The first kappa shape index (κ1) is 31.6. The lowest BCUT2D eigenvalue weighted by Crippen LogP contribution is -2.60. The maximum absolute atomic E-state index is 14.2. The molecule has 0 spiro atoms. The van der Waals surface area contributed by atoms with Crippen LogP contribution in [0.5, 0.6) is 11.5 Å². The number of ether oxygens (including phenoxy) is 3. The Kier molecular flexibility index (Phi) is 8.95. The van der Waals surface area contributed by atoms with Crippen molar-refractivity contribution in [3.63, 3.8) is 0 Å². The number of halogens is 1. The summed E-state index contributed by atoms with van der Waals surface area (Å²) in [5.74, 6) is 0.575. The number of nitrogens with one attached hydrogen (secondary N) is 1. The topological polar surface area (TPSA) is 148 Å². The number of benzene rings is 3. The molecule has 1 aromatic heterocycles. The lowest BCUT2D eigenvalue weighted by molar-refractivity contribution is -0.277. The summed E-state index contributed by atoms with van der Waals surface area (Å²) in [6.07, 6.45) is -7.22. The van der Waals surface area contributed by atoms with Crippen LogP contribution in [-0.4, -0.2) is 113 Å². The zero-order valence-electron chi connectivity index (χ0n) is 25.3. The van der Waals surface area contributed by atoms with Crippen LogP contribution < -0.4 is 14.4 Å². The van der Waals surface area contributed by atoms with Gasteiger partial charge in [0.2, 0.25) is 6.29 Å². The van der Waals surface area contributed by atoms with Crippen molar-refractivity contribution in [1.29, 1.82) is 0 Å². The Bertz CT molecular complexity index is 1690. The van der Waals surface area contributed by atoms with Gasteiger partial charge in [-0.25, -0.2) is 0 Å². The SMILES string of the molecule is C[C@@H](Cl)[C@@H]1CN(C(=O)c2cc3cc(OCCN(C)C)ccc3[nH]2)c2cc(O[C@H]3O[C@H](CO)[C@@H](O)[C@H](O)[C@@H]3O)c3ccccc3c21. The molecule has 0 bridgehead atoms. The van der Waals surface area contributed by atoms with Crippen molar-refractivity contribution in [3.05, 3.63) is 65.9 Å². The van der Waals surface area contributed by atoms with E-state index in [9.17, 15) is 25.2 Å². The highest BCUT2D eigenvalue weighted by Crippen LogP contribution is 2.48. The third kappa shape index (κ3) is 5.97. The van der Waals surface area contributed by atoms with Crippen LogP contribution in [-0.2, 0) is 4.74 Å². The number of rotatable bonds is 9. The summed E-state index contributed by atoms with van der Waals surface area (Å²) in [6.45, 7) is 2.97. The average molecular weight is 640 g/mol. The van der Waals surface area contributed by atoms with Gasteiger partial charge in [-0.3, -0.25) is 4.79 Å². The average Bonchev–Trinajstić information content (AvgIpc) is 3.63. The second-order valence-electron chi connectivity index (χ2n) is 12.0. The molecule has 0 saturated carbocycles. The number of aromatic nitrogens is 1. The molecule has 0 unspecified atom stereocenters. The molecule has 3 aromatic carbocycles. The molecule has 45 heavy (non-hydrogen) atoms. The first-order valence-electron chi connectivity index (χ1n) is 15.0. The first-order valence-corrected chi connectivity index (χ1v) is 15.4. The van der Waals surface area contributed by atoms with Gasteiger partial charge in [-0.2, -0.15) is 0 Å². The van der Waals surface area contributed by atoms with Gasteiger partial charge >= 0.3 is 0 Å². The molecular weight excluding hydrogens is 602 g/mol.